The molecule has 3 aromatic rings. The predicted octanol–water partition coefficient (Wildman–Crippen LogP) is 3.47. The molecule has 138 valence electrons. The number of carbonyl (C=O) groups is 1. The number of piperidine rings is 1. The Morgan fingerprint density at radius 3 is 2.30 bits per heavy atom. The second kappa shape index (κ2) is 7.74. The fourth-order valence-corrected chi connectivity index (χ4v) is 3.70. The van der Waals surface area contributed by atoms with Crippen LogP contribution in [0.1, 0.15) is 25.7 Å². The lowest BCUT2D eigenvalue weighted by Gasteiger charge is -2.26. The van der Waals surface area contributed by atoms with Crippen LogP contribution in [0, 0.1) is 0 Å². The van der Waals surface area contributed by atoms with E-state index in [1.807, 2.05) is 59.5 Å². The summed E-state index contributed by atoms with van der Waals surface area (Å²) >= 11 is 0. The Morgan fingerprint density at radius 2 is 1.56 bits per heavy atom. The number of amides is 1. The molecule has 0 N–H and O–H groups in total. The van der Waals surface area contributed by atoms with Gasteiger partial charge in [0.2, 0.25) is 5.91 Å². The molecule has 1 aromatic heterocycles. The van der Waals surface area contributed by atoms with Crippen LogP contribution in [0.5, 0.6) is 0 Å². The van der Waals surface area contributed by atoms with Gasteiger partial charge in [-0.05, 0) is 25.3 Å². The first kappa shape index (κ1) is 17.5. The van der Waals surface area contributed by atoms with Crippen LogP contribution in [0.2, 0.25) is 0 Å². The number of hydrogen-bond donors (Lipinski definition) is 0. The Balaban J connectivity index is 1.67. The normalized spacial score (nSPS) is 14.4. The highest BCUT2D eigenvalue weighted by atomic mass is 16.2. The monoisotopic (exact) mass is 361 g/mol. The van der Waals surface area contributed by atoms with Gasteiger partial charge in [-0.3, -0.25) is 9.59 Å². The standard InChI is InChI=1S/C22H23N3O2/c26-20(24-14-7-2-8-15-24)13-16-25-22(27)19-12-6-5-11-18(19)21(23-25)17-9-3-1-4-10-17/h1,3-6,9-12H,2,7-8,13-16H2. The van der Waals surface area contributed by atoms with E-state index in [0.717, 1.165) is 42.6 Å². The number of likely N-dealkylation sites (tertiary alicyclic amines) is 1. The first-order valence-electron chi connectivity index (χ1n) is 9.57. The molecule has 2 heterocycles. The van der Waals surface area contributed by atoms with E-state index in [1.54, 1.807) is 0 Å². The van der Waals surface area contributed by atoms with Gasteiger partial charge in [0.15, 0.2) is 0 Å². The van der Waals surface area contributed by atoms with Gasteiger partial charge in [0, 0.05) is 30.5 Å². The smallest absolute Gasteiger partial charge is 0.274 e. The van der Waals surface area contributed by atoms with Crippen molar-refractivity contribution in [2.45, 2.75) is 32.2 Å². The molecule has 0 spiro atoms. The molecule has 1 fully saturated rings. The summed E-state index contributed by atoms with van der Waals surface area (Å²) in [5.41, 5.74) is 1.60. The van der Waals surface area contributed by atoms with Gasteiger partial charge in [-0.25, -0.2) is 4.68 Å². The largest absolute Gasteiger partial charge is 0.343 e. The molecule has 0 bridgehead atoms. The maximum atomic E-state index is 12.9. The molecule has 27 heavy (non-hydrogen) atoms. The predicted molar refractivity (Wildman–Crippen MR) is 106 cm³/mol. The molecule has 1 aliphatic heterocycles. The van der Waals surface area contributed by atoms with Crippen LogP contribution in [0.4, 0.5) is 0 Å². The van der Waals surface area contributed by atoms with Gasteiger partial charge in [-0.2, -0.15) is 5.10 Å². The van der Waals surface area contributed by atoms with Crippen molar-refractivity contribution in [3.63, 3.8) is 0 Å². The Hall–Kier alpha value is -2.95. The van der Waals surface area contributed by atoms with Crippen molar-refractivity contribution in [1.82, 2.24) is 14.7 Å². The lowest BCUT2D eigenvalue weighted by molar-refractivity contribution is -0.132. The maximum absolute atomic E-state index is 12.9. The second-order valence-electron chi connectivity index (χ2n) is 6.98. The van der Waals surface area contributed by atoms with Crippen molar-refractivity contribution < 1.29 is 4.79 Å². The summed E-state index contributed by atoms with van der Waals surface area (Å²) in [6.07, 6.45) is 3.63. The number of aryl methyl sites for hydroxylation is 1. The topological polar surface area (TPSA) is 55.2 Å². The Bertz CT molecular complexity index is 1000. The molecule has 5 nitrogen and oxygen atoms in total. The zero-order valence-corrected chi connectivity index (χ0v) is 15.3. The lowest BCUT2D eigenvalue weighted by Crippen LogP contribution is -2.36. The first-order valence-corrected chi connectivity index (χ1v) is 9.57. The zero-order chi connectivity index (χ0) is 18.6. The van der Waals surface area contributed by atoms with Crippen molar-refractivity contribution >= 4 is 16.7 Å². The van der Waals surface area contributed by atoms with Crippen LogP contribution in [0.25, 0.3) is 22.0 Å². The summed E-state index contributed by atoms with van der Waals surface area (Å²) in [5, 5.41) is 6.10. The van der Waals surface area contributed by atoms with E-state index in [1.165, 1.54) is 11.1 Å². The Morgan fingerprint density at radius 1 is 0.889 bits per heavy atom. The van der Waals surface area contributed by atoms with E-state index >= 15 is 0 Å². The summed E-state index contributed by atoms with van der Waals surface area (Å²) in [5.74, 6) is 0.109. The van der Waals surface area contributed by atoms with E-state index in [0.29, 0.717) is 18.4 Å². The minimum absolute atomic E-state index is 0.109. The number of carbonyl (C=O) groups excluding carboxylic acids is 1. The van der Waals surface area contributed by atoms with Gasteiger partial charge in [0.05, 0.1) is 17.6 Å². The van der Waals surface area contributed by atoms with Crippen LogP contribution in [0.15, 0.2) is 59.4 Å². The first-order chi connectivity index (χ1) is 13.2. The summed E-state index contributed by atoms with van der Waals surface area (Å²) in [4.78, 5) is 27.3. The molecule has 2 aromatic carbocycles. The van der Waals surface area contributed by atoms with Crippen LogP contribution >= 0.6 is 0 Å². The van der Waals surface area contributed by atoms with Crippen molar-refractivity contribution in [3.05, 3.63) is 65.0 Å². The van der Waals surface area contributed by atoms with Crippen molar-refractivity contribution in [2.24, 2.45) is 0 Å². The van der Waals surface area contributed by atoms with E-state index in [2.05, 4.69) is 5.10 Å². The highest BCUT2D eigenvalue weighted by Crippen LogP contribution is 2.24. The number of benzene rings is 2. The minimum atomic E-state index is -0.142. The van der Waals surface area contributed by atoms with E-state index in [4.69, 9.17) is 0 Å². The van der Waals surface area contributed by atoms with Crippen LogP contribution in [-0.4, -0.2) is 33.7 Å². The molecule has 0 radical (unpaired) electrons. The van der Waals surface area contributed by atoms with E-state index in [9.17, 15) is 9.59 Å². The fraction of sp³-hybridized carbons (Fsp3) is 0.318. The highest BCUT2D eigenvalue weighted by Gasteiger charge is 2.17. The van der Waals surface area contributed by atoms with Gasteiger partial charge in [-0.15, -0.1) is 0 Å². The lowest BCUT2D eigenvalue weighted by atomic mass is 10.1. The fourth-order valence-electron chi connectivity index (χ4n) is 3.70. The molecule has 0 saturated carbocycles. The van der Waals surface area contributed by atoms with E-state index < -0.39 is 0 Å². The number of nitrogens with zero attached hydrogens (tertiary/aromatic N) is 3. The summed E-state index contributed by atoms with van der Waals surface area (Å²) in [7, 11) is 0. The molecule has 1 amide bonds. The zero-order valence-electron chi connectivity index (χ0n) is 15.3. The van der Waals surface area contributed by atoms with Crippen molar-refractivity contribution in [1.29, 1.82) is 0 Å². The molecule has 0 aliphatic carbocycles. The molecule has 1 saturated heterocycles. The van der Waals surface area contributed by atoms with Gasteiger partial charge < -0.3 is 4.90 Å². The molecule has 1 aliphatic rings. The van der Waals surface area contributed by atoms with Gasteiger partial charge >= 0.3 is 0 Å². The minimum Gasteiger partial charge on any atom is -0.343 e. The Kier molecular flexibility index (Phi) is 5.01. The number of aromatic nitrogens is 2. The summed E-state index contributed by atoms with van der Waals surface area (Å²) in [6, 6.07) is 17.4. The van der Waals surface area contributed by atoms with Crippen molar-refractivity contribution in [2.75, 3.05) is 13.1 Å². The van der Waals surface area contributed by atoms with Gasteiger partial charge in [-0.1, -0.05) is 48.5 Å². The van der Waals surface area contributed by atoms with E-state index in [-0.39, 0.29) is 11.5 Å². The third-order valence-corrected chi connectivity index (χ3v) is 5.16. The molecule has 5 heteroatoms. The van der Waals surface area contributed by atoms with Gasteiger partial charge in [0.25, 0.3) is 5.56 Å². The van der Waals surface area contributed by atoms with Crippen LogP contribution in [-0.2, 0) is 11.3 Å². The number of fused-ring (bicyclic) bond motifs is 1. The maximum Gasteiger partial charge on any atom is 0.274 e. The number of hydrogen-bond acceptors (Lipinski definition) is 3. The number of rotatable bonds is 4. The molecule has 0 atom stereocenters. The summed E-state index contributed by atoms with van der Waals surface area (Å²) in [6.45, 7) is 1.96. The van der Waals surface area contributed by atoms with Crippen molar-refractivity contribution in [3.8, 4) is 11.3 Å². The molecular weight excluding hydrogens is 338 g/mol. The quantitative estimate of drug-likeness (QED) is 0.715. The third kappa shape index (κ3) is 3.63. The van der Waals surface area contributed by atoms with Gasteiger partial charge in [0.1, 0.15) is 0 Å². The summed E-state index contributed by atoms with van der Waals surface area (Å²) < 4.78 is 1.45. The van der Waals surface area contributed by atoms with Crippen LogP contribution < -0.4 is 5.56 Å². The Labute approximate surface area is 158 Å². The average Bonchev–Trinajstić information content (AvgIpc) is 2.74. The SMILES string of the molecule is O=C(CCn1nc(-c2ccccc2)c2ccccc2c1=O)N1CCCCC1. The second-order valence-corrected chi connectivity index (χ2v) is 6.98. The highest BCUT2D eigenvalue weighted by molar-refractivity contribution is 5.93. The molecule has 0 unspecified atom stereocenters. The molecule has 4 rings (SSSR count). The average molecular weight is 361 g/mol. The molecular formula is C22H23N3O2. The van der Waals surface area contributed by atoms with Crippen LogP contribution in [0.3, 0.4) is 0 Å². The third-order valence-electron chi connectivity index (χ3n) is 5.16.